The third kappa shape index (κ3) is 5.86. The zero-order valence-electron chi connectivity index (χ0n) is 12.4. The number of alkyl halides is 3. The Morgan fingerprint density at radius 2 is 1.65 bits per heavy atom. The molecular formula is C14H22F3N3. The van der Waals surface area contributed by atoms with Gasteiger partial charge in [-0.3, -0.25) is 0 Å². The highest BCUT2D eigenvalue weighted by atomic mass is 19.4. The second kappa shape index (κ2) is 7.02. The van der Waals surface area contributed by atoms with Crippen molar-refractivity contribution in [1.29, 1.82) is 0 Å². The molecule has 0 aliphatic heterocycles. The van der Waals surface area contributed by atoms with Crippen LogP contribution in [0.15, 0.2) is 0 Å². The Morgan fingerprint density at radius 1 is 1.10 bits per heavy atom. The zero-order chi connectivity index (χ0) is 15.3. The molecule has 6 heteroatoms. The summed E-state index contributed by atoms with van der Waals surface area (Å²) in [6.07, 6.45) is -3.63. The molecule has 1 rings (SSSR count). The van der Waals surface area contributed by atoms with Crippen LogP contribution >= 0.6 is 0 Å². The first-order chi connectivity index (χ1) is 9.19. The van der Waals surface area contributed by atoms with Crippen molar-refractivity contribution in [3.63, 3.8) is 0 Å². The smallest absolute Gasteiger partial charge is 0.315 e. The van der Waals surface area contributed by atoms with E-state index in [0.29, 0.717) is 17.4 Å². The van der Waals surface area contributed by atoms with Gasteiger partial charge in [0.1, 0.15) is 12.2 Å². The molecule has 0 fully saturated rings. The van der Waals surface area contributed by atoms with Gasteiger partial charge in [0.2, 0.25) is 0 Å². The van der Waals surface area contributed by atoms with Gasteiger partial charge in [-0.05, 0) is 38.8 Å². The fourth-order valence-electron chi connectivity index (χ4n) is 2.08. The Hall–Kier alpha value is -1.17. The molecule has 0 spiro atoms. The first-order valence-electron chi connectivity index (χ1n) is 6.82. The van der Waals surface area contributed by atoms with Crippen molar-refractivity contribution >= 4 is 0 Å². The third-order valence-electron chi connectivity index (χ3n) is 2.98. The van der Waals surface area contributed by atoms with Gasteiger partial charge in [0.25, 0.3) is 0 Å². The molecule has 1 N–H and O–H groups in total. The van der Waals surface area contributed by atoms with Gasteiger partial charge in [-0.25, -0.2) is 9.97 Å². The summed E-state index contributed by atoms with van der Waals surface area (Å²) in [7, 11) is 0. The largest absolute Gasteiger partial charge is 0.396 e. The molecule has 0 aliphatic carbocycles. The van der Waals surface area contributed by atoms with Gasteiger partial charge >= 0.3 is 6.18 Å². The highest BCUT2D eigenvalue weighted by Crippen LogP contribution is 2.21. The Morgan fingerprint density at radius 3 is 2.10 bits per heavy atom. The fourth-order valence-corrected chi connectivity index (χ4v) is 2.08. The van der Waals surface area contributed by atoms with E-state index >= 15 is 0 Å². The summed E-state index contributed by atoms with van der Waals surface area (Å²) < 4.78 is 37.0. The van der Waals surface area contributed by atoms with Crippen molar-refractivity contribution in [1.82, 2.24) is 15.3 Å². The third-order valence-corrected chi connectivity index (χ3v) is 2.98. The maximum Gasteiger partial charge on any atom is 0.396 e. The van der Waals surface area contributed by atoms with Crippen LogP contribution in [-0.4, -0.2) is 28.7 Å². The van der Waals surface area contributed by atoms with Crippen LogP contribution < -0.4 is 5.32 Å². The van der Waals surface area contributed by atoms with E-state index in [1.54, 1.807) is 13.8 Å². The minimum absolute atomic E-state index is 0.142. The number of rotatable bonds is 6. The van der Waals surface area contributed by atoms with Crippen molar-refractivity contribution < 1.29 is 13.2 Å². The van der Waals surface area contributed by atoms with E-state index in [1.165, 1.54) is 0 Å². The van der Waals surface area contributed by atoms with E-state index in [0.717, 1.165) is 24.9 Å². The standard InChI is InChI=1S/C14H22F3N3/c1-9(2)18-7-5-6-12-10(3)19-13(20-11(12)4)8-14(15,16)17/h9,18H,5-8H2,1-4H3. The maximum absolute atomic E-state index is 12.3. The summed E-state index contributed by atoms with van der Waals surface area (Å²) in [5.41, 5.74) is 2.27. The minimum Gasteiger partial charge on any atom is -0.315 e. The molecule has 114 valence electrons. The van der Waals surface area contributed by atoms with Gasteiger partial charge in [-0.15, -0.1) is 0 Å². The average Bonchev–Trinajstić information content (AvgIpc) is 2.24. The number of hydrogen-bond donors (Lipinski definition) is 1. The SMILES string of the molecule is Cc1nc(CC(F)(F)F)nc(C)c1CCCNC(C)C. The molecule has 0 saturated carbocycles. The summed E-state index contributed by atoms with van der Waals surface area (Å²) in [5, 5.41) is 3.31. The lowest BCUT2D eigenvalue weighted by molar-refractivity contribution is -0.128. The number of aryl methyl sites for hydroxylation is 2. The van der Waals surface area contributed by atoms with Crippen LogP contribution in [-0.2, 0) is 12.8 Å². The molecule has 0 radical (unpaired) electrons. The summed E-state index contributed by atoms with van der Waals surface area (Å²) in [6, 6.07) is 0.433. The number of hydrogen-bond acceptors (Lipinski definition) is 3. The molecule has 3 nitrogen and oxygen atoms in total. The zero-order valence-corrected chi connectivity index (χ0v) is 12.4. The Balaban J connectivity index is 2.69. The summed E-state index contributed by atoms with van der Waals surface area (Å²) in [5.74, 6) is -0.142. The predicted octanol–water partition coefficient (Wildman–Crippen LogP) is 3.13. The van der Waals surface area contributed by atoms with Gasteiger partial charge < -0.3 is 5.32 Å². The summed E-state index contributed by atoms with van der Waals surface area (Å²) >= 11 is 0. The Kier molecular flexibility index (Phi) is 5.92. The first-order valence-corrected chi connectivity index (χ1v) is 6.82. The highest BCUT2D eigenvalue weighted by molar-refractivity contribution is 5.24. The van der Waals surface area contributed by atoms with Crippen molar-refractivity contribution in [3.05, 3.63) is 22.8 Å². The number of nitrogens with zero attached hydrogens (tertiary/aromatic N) is 2. The normalized spacial score (nSPS) is 12.2. The summed E-state index contributed by atoms with van der Waals surface area (Å²) in [6.45, 7) is 8.53. The van der Waals surface area contributed by atoms with Crippen molar-refractivity contribution in [3.8, 4) is 0 Å². The van der Waals surface area contributed by atoms with Crippen molar-refractivity contribution in [2.24, 2.45) is 0 Å². The van der Waals surface area contributed by atoms with Gasteiger partial charge in [-0.2, -0.15) is 13.2 Å². The molecule has 1 aromatic rings. The molecule has 20 heavy (non-hydrogen) atoms. The average molecular weight is 289 g/mol. The molecule has 0 atom stereocenters. The number of aromatic nitrogens is 2. The quantitative estimate of drug-likeness (QED) is 0.818. The lowest BCUT2D eigenvalue weighted by Crippen LogP contribution is -2.24. The van der Waals surface area contributed by atoms with Crippen molar-refractivity contribution in [2.45, 2.75) is 59.2 Å². The van der Waals surface area contributed by atoms with Gasteiger partial charge in [-0.1, -0.05) is 13.8 Å². The molecule has 0 unspecified atom stereocenters. The molecule has 0 aliphatic rings. The fraction of sp³-hybridized carbons (Fsp3) is 0.714. The van der Waals surface area contributed by atoms with Crippen LogP contribution in [0.5, 0.6) is 0 Å². The van der Waals surface area contributed by atoms with E-state index in [4.69, 9.17) is 0 Å². The topological polar surface area (TPSA) is 37.8 Å². The number of halogens is 3. The minimum atomic E-state index is -4.26. The van der Waals surface area contributed by atoms with E-state index in [-0.39, 0.29) is 5.82 Å². The molecule has 0 amide bonds. The Labute approximate surface area is 118 Å². The van der Waals surface area contributed by atoms with E-state index < -0.39 is 12.6 Å². The molecule has 1 heterocycles. The maximum atomic E-state index is 12.3. The first kappa shape index (κ1) is 16.9. The van der Waals surface area contributed by atoms with E-state index in [2.05, 4.69) is 29.1 Å². The second-order valence-electron chi connectivity index (χ2n) is 5.29. The molecule has 0 saturated heterocycles. The summed E-state index contributed by atoms with van der Waals surface area (Å²) in [4.78, 5) is 7.96. The lowest BCUT2D eigenvalue weighted by Gasteiger charge is -2.13. The van der Waals surface area contributed by atoms with Crippen molar-refractivity contribution in [2.75, 3.05) is 6.54 Å². The number of nitrogens with one attached hydrogen (secondary N) is 1. The highest BCUT2D eigenvalue weighted by Gasteiger charge is 2.29. The molecule has 0 aromatic carbocycles. The van der Waals surface area contributed by atoms with Crippen LogP contribution in [0, 0.1) is 13.8 Å². The Bertz CT molecular complexity index is 419. The van der Waals surface area contributed by atoms with Crippen LogP contribution in [0.2, 0.25) is 0 Å². The monoisotopic (exact) mass is 289 g/mol. The molecule has 0 bridgehead atoms. The van der Waals surface area contributed by atoms with Crippen LogP contribution in [0.1, 0.15) is 43.0 Å². The lowest BCUT2D eigenvalue weighted by atomic mass is 10.1. The van der Waals surface area contributed by atoms with E-state index in [9.17, 15) is 13.2 Å². The van der Waals surface area contributed by atoms with E-state index in [1.807, 2.05) is 0 Å². The van der Waals surface area contributed by atoms with Gasteiger partial charge in [0.05, 0.1) is 0 Å². The second-order valence-corrected chi connectivity index (χ2v) is 5.29. The van der Waals surface area contributed by atoms with Crippen LogP contribution in [0.4, 0.5) is 13.2 Å². The molecular weight excluding hydrogens is 267 g/mol. The predicted molar refractivity (Wildman–Crippen MR) is 72.7 cm³/mol. The molecule has 1 aromatic heterocycles. The van der Waals surface area contributed by atoms with Gasteiger partial charge in [0, 0.05) is 17.4 Å². The van der Waals surface area contributed by atoms with Crippen LogP contribution in [0.3, 0.4) is 0 Å². The van der Waals surface area contributed by atoms with Crippen LogP contribution in [0.25, 0.3) is 0 Å². The van der Waals surface area contributed by atoms with Gasteiger partial charge in [0.15, 0.2) is 0 Å².